The molecule has 1 rings (SSSR count). The van der Waals surface area contributed by atoms with Crippen LogP contribution in [0.2, 0.25) is 0 Å². The molecule has 0 heterocycles. The zero-order valence-electron chi connectivity index (χ0n) is 11.2. The Kier molecular flexibility index (Phi) is 4.48. The van der Waals surface area contributed by atoms with Crippen LogP contribution in [0.3, 0.4) is 0 Å². The maximum Gasteiger partial charge on any atom is 0.325 e. The maximum absolute atomic E-state index is 11.7. The van der Waals surface area contributed by atoms with Crippen LogP contribution >= 0.6 is 0 Å². The summed E-state index contributed by atoms with van der Waals surface area (Å²) in [6.45, 7) is 6.22. The Morgan fingerprint density at radius 3 is 2.17 bits per heavy atom. The van der Waals surface area contributed by atoms with Gasteiger partial charge < -0.3 is 10.1 Å². The van der Waals surface area contributed by atoms with Gasteiger partial charge in [0.2, 0.25) is 0 Å². The topological polar surface area (TPSA) is 55.4 Å². The van der Waals surface area contributed by atoms with Gasteiger partial charge in [-0.1, -0.05) is 32.9 Å². The van der Waals surface area contributed by atoms with E-state index in [-0.39, 0.29) is 17.9 Å². The number of carbonyl (C=O) groups excluding carboxylic acids is 2. The summed E-state index contributed by atoms with van der Waals surface area (Å²) in [5.74, 6) is -0.740. The Labute approximate surface area is 107 Å². The van der Waals surface area contributed by atoms with Gasteiger partial charge in [0.15, 0.2) is 0 Å². The second-order valence-corrected chi connectivity index (χ2v) is 5.09. The van der Waals surface area contributed by atoms with Gasteiger partial charge in [-0.15, -0.1) is 0 Å². The molecule has 1 aromatic rings. The van der Waals surface area contributed by atoms with Crippen molar-refractivity contribution >= 4 is 11.9 Å². The van der Waals surface area contributed by atoms with E-state index in [9.17, 15) is 9.59 Å². The van der Waals surface area contributed by atoms with Crippen LogP contribution in [0.4, 0.5) is 0 Å². The van der Waals surface area contributed by atoms with E-state index in [0.717, 1.165) is 5.56 Å². The molecule has 0 aliphatic carbocycles. The molecule has 1 amide bonds. The predicted octanol–water partition coefficient (Wildman–Crippen LogP) is 1.89. The minimum absolute atomic E-state index is 0.0566. The van der Waals surface area contributed by atoms with E-state index in [0.29, 0.717) is 5.56 Å². The lowest BCUT2D eigenvalue weighted by atomic mass is 9.87. The molecule has 0 aliphatic heterocycles. The van der Waals surface area contributed by atoms with E-state index in [2.05, 4.69) is 30.8 Å². The van der Waals surface area contributed by atoms with Crippen molar-refractivity contribution in [2.75, 3.05) is 13.7 Å². The van der Waals surface area contributed by atoms with Gasteiger partial charge in [0, 0.05) is 5.56 Å². The third kappa shape index (κ3) is 3.87. The highest BCUT2D eigenvalue weighted by Crippen LogP contribution is 2.22. The number of nitrogens with one attached hydrogen (secondary N) is 1. The number of hydrogen-bond acceptors (Lipinski definition) is 3. The Hall–Kier alpha value is -1.84. The normalized spacial score (nSPS) is 10.9. The van der Waals surface area contributed by atoms with Gasteiger partial charge in [-0.05, 0) is 23.1 Å². The van der Waals surface area contributed by atoms with Gasteiger partial charge >= 0.3 is 5.97 Å². The fourth-order valence-corrected chi connectivity index (χ4v) is 1.45. The molecule has 1 aromatic carbocycles. The first-order valence-corrected chi connectivity index (χ1v) is 5.80. The summed E-state index contributed by atoms with van der Waals surface area (Å²) in [6.07, 6.45) is 0. The van der Waals surface area contributed by atoms with E-state index in [1.165, 1.54) is 7.11 Å². The molecule has 0 saturated carbocycles. The lowest BCUT2D eigenvalue weighted by molar-refractivity contribution is -0.139. The summed E-state index contributed by atoms with van der Waals surface area (Å²) in [7, 11) is 1.28. The highest BCUT2D eigenvalue weighted by molar-refractivity contribution is 5.95. The Morgan fingerprint density at radius 1 is 1.17 bits per heavy atom. The van der Waals surface area contributed by atoms with Crippen LogP contribution < -0.4 is 5.32 Å². The summed E-state index contributed by atoms with van der Waals surface area (Å²) in [5, 5.41) is 2.49. The first-order chi connectivity index (χ1) is 8.34. The molecule has 4 heteroatoms. The predicted molar refractivity (Wildman–Crippen MR) is 69.5 cm³/mol. The van der Waals surface area contributed by atoms with Crippen molar-refractivity contribution in [2.24, 2.45) is 0 Å². The molecule has 0 bridgehead atoms. The monoisotopic (exact) mass is 249 g/mol. The lowest BCUT2D eigenvalue weighted by Gasteiger charge is -2.19. The smallest absolute Gasteiger partial charge is 0.325 e. The molecular weight excluding hydrogens is 230 g/mol. The minimum Gasteiger partial charge on any atom is -0.468 e. The van der Waals surface area contributed by atoms with E-state index >= 15 is 0 Å². The van der Waals surface area contributed by atoms with Gasteiger partial charge in [-0.2, -0.15) is 0 Å². The van der Waals surface area contributed by atoms with Gasteiger partial charge in [0.25, 0.3) is 5.91 Å². The fraction of sp³-hybridized carbons (Fsp3) is 0.429. The van der Waals surface area contributed by atoms with E-state index < -0.39 is 5.97 Å². The highest BCUT2D eigenvalue weighted by Gasteiger charge is 2.14. The van der Waals surface area contributed by atoms with Gasteiger partial charge in [0.05, 0.1) is 7.11 Å². The number of rotatable bonds is 3. The number of ether oxygens (including phenoxy) is 1. The number of methoxy groups -OCH3 is 1. The Bertz CT molecular complexity index is 429. The Morgan fingerprint density at radius 2 is 1.72 bits per heavy atom. The quantitative estimate of drug-likeness (QED) is 0.832. The van der Waals surface area contributed by atoms with E-state index in [4.69, 9.17) is 0 Å². The van der Waals surface area contributed by atoms with Crippen LogP contribution in [-0.4, -0.2) is 25.5 Å². The van der Waals surface area contributed by atoms with Crippen molar-refractivity contribution in [3.8, 4) is 0 Å². The van der Waals surface area contributed by atoms with Crippen LogP contribution in [0.5, 0.6) is 0 Å². The molecule has 0 spiro atoms. The number of esters is 1. The molecule has 18 heavy (non-hydrogen) atoms. The number of carbonyl (C=O) groups is 2. The average molecular weight is 249 g/mol. The first kappa shape index (κ1) is 14.2. The largest absolute Gasteiger partial charge is 0.468 e. The molecule has 0 aromatic heterocycles. The molecule has 0 radical (unpaired) electrons. The SMILES string of the molecule is COC(=O)CNC(=O)c1ccc(C(C)(C)C)cc1. The first-order valence-electron chi connectivity index (χ1n) is 5.80. The summed E-state index contributed by atoms with van der Waals surface area (Å²) in [4.78, 5) is 22.6. The maximum atomic E-state index is 11.7. The van der Waals surface area contributed by atoms with Crippen LogP contribution in [0, 0.1) is 0 Å². The third-order valence-corrected chi connectivity index (χ3v) is 2.63. The van der Waals surface area contributed by atoms with Crippen molar-refractivity contribution < 1.29 is 14.3 Å². The molecule has 4 nitrogen and oxygen atoms in total. The third-order valence-electron chi connectivity index (χ3n) is 2.63. The van der Waals surface area contributed by atoms with Crippen molar-refractivity contribution in [1.82, 2.24) is 5.32 Å². The summed E-state index contributed by atoms with van der Waals surface area (Å²) in [5.41, 5.74) is 1.75. The number of benzene rings is 1. The van der Waals surface area contributed by atoms with Crippen molar-refractivity contribution in [3.05, 3.63) is 35.4 Å². The zero-order valence-corrected chi connectivity index (χ0v) is 11.2. The molecule has 0 unspecified atom stereocenters. The summed E-state index contributed by atoms with van der Waals surface area (Å²) >= 11 is 0. The zero-order chi connectivity index (χ0) is 13.8. The second-order valence-electron chi connectivity index (χ2n) is 5.09. The second kappa shape index (κ2) is 5.67. The molecular formula is C14H19NO3. The minimum atomic E-state index is -0.463. The Balaban J connectivity index is 2.68. The fourth-order valence-electron chi connectivity index (χ4n) is 1.45. The van der Waals surface area contributed by atoms with E-state index in [1.807, 2.05) is 12.1 Å². The van der Waals surface area contributed by atoms with Gasteiger partial charge in [0.1, 0.15) is 6.54 Å². The number of amides is 1. The molecule has 1 N–H and O–H groups in total. The number of hydrogen-bond donors (Lipinski definition) is 1. The molecule has 0 aliphatic rings. The standard InChI is InChI=1S/C14H19NO3/c1-14(2,3)11-7-5-10(6-8-11)13(17)15-9-12(16)18-4/h5-8H,9H2,1-4H3,(H,15,17). The molecule has 0 fully saturated rings. The van der Waals surface area contributed by atoms with Crippen molar-refractivity contribution in [2.45, 2.75) is 26.2 Å². The van der Waals surface area contributed by atoms with Gasteiger partial charge in [-0.25, -0.2) is 0 Å². The van der Waals surface area contributed by atoms with E-state index in [1.54, 1.807) is 12.1 Å². The van der Waals surface area contributed by atoms with Crippen molar-refractivity contribution in [1.29, 1.82) is 0 Å². The van der Waals surface area contributed by atoms with Crippen LogP contribution in [0.15, 0.2) is 24.3 Å². The molecule has 98 valence electrons. The molecule has 0 atom stereocenters. The van der Waals surface area contributed by atoms with Gasteiger partial charge in [-0.3, -0.25) is 9.59 Å². The summed E-state index contributed by atoms with van der Waals surface area (Å²) in [6, 6.07) is 7.36. The highest BCUT2D eigenvalue weighted by atomic mass is 16.5. The molecule has 0 saturated heterocycles. The summed E-state index contributed by atoms with van der Waals surface area (Å²) < 4.78 is 4.45. The van der Waals surface area contributed by atoms with Crippen LogP contribution in [-0.2, 0) is 14.9 Å². The average Bonchev–Trinajstić information content (AvgIpc) is 2.34. The van der Waals surface area contributed by atoms with Crippen LogP contribution in [0.1, 0.15) is 36.7 Å². The van der Waals surface area contributed by atoms with Crippen LogP contribution in [0.25, 0.3) is 0 Å². The lowest BCUT2D eigenvalue weighted by Crippen LogP contribution is -2.30. The van der Waals surface area contributed by atoms with Crippen molar-refractivity contribution in [3.63, 3.8) is 0 Å².